The van der Waals surface area contributed by atoms with Crippen LogP contribution >= 0.6 is 0 Å². The fourth-order valence-electron chi connectivity index (χ4n) is 5.97. The largest absolute Gasteiger partial charge is 0.491 e. The van der Waals surface area contributed by atoms with Gasteiger partial charge in [0.2, 0.25) is 5.91 Å². The minimum absolute atomic E-state index is 0.0305. The van der Waals surface area contributed by atoms with Crippen molar-refractivity contribution in [3.8, 4) is 17.2 Å². The van der Waals surface area contributed by atoms with Crippen molar-refractivity contribution in [1.29, 1.82) is 0 Å². The lowest BCUT2D eigenvalue weighted by Gasteiger charge is -2.35. The van der Waals surface area contributed by atoms with Gasteiger partial charge in [0.15, 0.2) is 11.5 Å². The highest BCUT2D eigenvalue weighted by Crippen LogP contribution is 2.54. The zero-order valence-corrected chi connectivity index (χ0v) is 20.0. The molecule has 0 radical (unpaired) electrons. The van der Waals surface area contributed by atoms with Crippen molar-refractivity contribution >= 4 is 11.6 Å². The number of para-hydroxylation sites is 1. The Morgan fingerprint density at radius 2 is 1.61 bits per heavy atom. The van der Waals surface area contributed by atoms with Crippen LogP contribution in [0.25, 0.3) is 0 Å². The second-order valence-electron chi connectivity index (χ2n) is 9.83. The lowest BCUT2D eigenvalue weighted by atomic mass is 9.77. The Morgan fingerprint density at radius 1 is 0.833 bits per heavy atom. The van der Waals surface area contributed by atoms with Crippen molar-refractivity contribution in [3.63, 3.8) is 0 Å². The standard InChI is InChI=1S/C29H28N2O5/c32-28-29(19-36-25-15-27-26(14-23(25)29)34-12-13-35-27)22-8-4-5-9-24(22)31(28)18-21-17-30(10-11-33-21)16-20-6-2-1-3-7-20/h1-9,14-15,21H,10-13,16-19H2/t21-,29-/m0/s1. The Morgan fingerprint density at radius 3 is 2.47 bits per heavy atom. The summed E-state index contributed by atoms with van der Waals surface area (Å²) in [5, 5.41) is 0. The smallest absolute Gasteiger partial charge is 0.245 e. The first-order valence-corrected chi connectivity index (χ1v) is 12.6. The van der Waals surface area contributed by atoms with Crippen LogP contribution in [0.2, 0.25) is 0 Å². The number of carbonyl (C=O) groups is 1. The molecule has 0 unspecified atom stereocenters. The molecule has 36 heavy (non-hydrogen) atoms. The van der Waals surface area contributed by atoms with E-state index in [1.165, 1.54) is 5.56 Å². The summed E-state index contributed by atoms with van der Waals surface area (Å²) in [7, 11) is 0. The second kappa shape index (κ2) is 8.54. The van der Waals surface area contributed by atoms with Crippen LogP contribution in [0.4, 0.5) is 5.69 Å². The van der Waals surface area contributed by atoms with Crippen LogP contribution in [0, 0.1) is 0 Å². The van der Waals surface area contributed by atoms with Gasteiger partial charge in [-0.15, -0.1) is 0 Å². The molecule has 0 N–H and O–H groups in total. The van der Waals surface area contributed by atoms with Crippen molar-refractivity contribution in [2.45, 2.75) is 18.1 Å². The maximum Gasteiger partial charge on any atom is 0.245 e. The number of morpholine rings is 1. The highest BCUT2D eigenvalue weighted by molar-refractivity contribution is 6.11. The van der Waals surface area contributed by atoms with Crippen LogP contribution in [0.15, 0.2) is 66.7 Å². The van der Waals surface area contributed by atoms with E-state index in [9.17, 15) is 4.79 Å². The molecular weight excluding hydrogens is 456 g/mol. The molecule has 0 saturated carbocycles. The molecule has 3 aromatic rings. The summed E-state index contributed by atoms with van der Waals surface area (Å²) in [5.41, 5.74) is 3.15. The topological polar surface area (TPSA) is 60.5 Å². The maximum atomic E-state index is 14.3. The number of anilines is 1. The van der Waals surface area contributed by atoms with E-state index >= 15 is 0 Å². The van der Waals surface area contributed by atoms with Gasteiger partial charge < -0.3 is 23.8 Å². The van der Waals surface area contributed by atoms with Crippen LogP contribution in [-0.2, 0) is 21.5 Å². The maximum absolute atomic E-state index is 14.3. The number of carbonyl (C=O) groups excluding carboxylic acids is 1. The van der Waals surface area contributed by atoms with Gasteiger partial charge in [-0.25, -0.2) is 0 Å². The summed E-state index contributed by atoms with van der Waals surface area (Å²) in [6, 6.07) is 22.3. The summed E-state index contributed by atoms with van der Waals surface area (Å²) >= 11 is 0. The van der Waals surface area contributed by atoms with E-state index in [1.807, 2.05) is 47.4 Å². The van der Waals surface area contributed by atoms with Crippen LogP contribution in [0.3, 0.4) is 0 Å². The Labute approximate surface area is 210 Å². The highest BCUT2D eigenvalue weighted by atomic mass is 16.6. The van der Waals surface area contributed by atoms with Gasteiger partial charge in [0.1, 0.15) is 31.0 Å². The first-order valence-electron chi connectivity index (χ1n) is 12.6. The number of fused-ring (bicyclic) bond motifs is 5. The Hall–Kier alpha value is -3.55. The molecule has 7 heteroatoms. The predicted molar refractivity (Wildman–Crippen MR) is 134 cm³/mol. The molecule has 0 aliphatic carbocycles. The molecule has 4 heterocycles. The van der Waals surface area contributed by atoms with Gasteiger partial charge in [-0.05, 0) is 23.3 Å². The number of rotatable bonds is 4. The molecular formula is C29H28N2O5. The van der Waals surface area contributed by atoms with E-state index in [-0.39, 0.29) is 18.6 Å². The van der Waals surface area contributed by atoms with Gasteiger partial charge in [0.25, 0.3) is 0 Å². The van der Waals surface area contributed by atoms with E-state index in [0.29, 0.717) is 43.6 Å². The van der Waals surface area contributed by atoms with Crippen molar-refractivity contribution in [1.82, 2.24) is 4.90 Å². The van der Waals surface area contributed by atoms with Crippen LogP contribution < -0.4 is 19.1 Å². The van der Waals surface area contributed by atoms with E-state index in [4.69, 9.17) is 18.9 Å². The second-order valence-corrected chi connectivity index (χ2v) is 9.83. The molecule has 1 spiro atoms. The number of ether oxygens (including phenoxy) is 4. The van der Waals surface area contributed by atoms with Gasteiger partial charge in [-0.3, -0.25) is 9.69 Å². The molecule has 184 valence electrons. The lowest BCUT2D eigenvalue weighted by Crippen LogP contribution is -2.50. The third-order valence-electron chi connectivity index (χ3n) is 7.67. The molecule has 7 nitrogen and oxygen atoms in total. The zero-order valence-electron chi connectivity index (χ0n) is 20.0. The average molecular weight is 485 g/mol. The van der Waals surface area contributed by atoms with Crippen LogP contribution in [-0.4, -0.2) is 63.0 Å². The fraction of sp³-hybridized carbons (Fsp3) is 0.345. The van der Waals surface area contributed by atoms with Crippen molar-refractivity contribution in [2.24, 2.45) is 0 Å². The van der Waals surface area contributed by atoms with Crippen LogP contribution in [0.5, 0.6) is 17.2 Å². The summed E-state index contributed by atoms with van der Waals surface area (Å²) < 4.78 is 23.9. The van der Waals surface area contributed by atoms with Crippen molar-refractivity contribution in [3.05, 3.63) is 83.4 Å². The third-order valence-corrected chi connectivity index (χ3v) is 7.67. The molecule has 7 rings (SSSR count). The normalized spacial score (nSPS) is 24.5. The summed E-state index contributed by atoms with van der Waals surface area (Å²) in [6.45, 7) is 4.97. The molecule has 0 aromatic heterocycles. The summed E-state index contributed by atoms with van der Waals surface area (Å²) in [4.78, 5) is 18.6. The molecule has 4 aliphatic rings. The third kappa shape index (κ3) is 3.38. The number of nitrogens with zero attached hydrogens (tertiary/aromatic N) is 2. The fourth-order valence-corrected chi connectivity index (χ4v) is 5.97. The number of benzene rings is 3. The Kier molecular flexibility index (Phi) is 5.15. The van der Waals surface area contributed by atoms with E-state index in [0.717, 1.165) is 36.4 Å². The lowest BCUT2D eigenvalue weighted by molar-refractivity contribution is -0.123. The van der Waals surface area contributed by atoms with Gasteiger partial charge >= 0.3 is 0 Å². The molecule has 4 aliphatic heterocycles. The predicted octanol–water partition coefficient (Wildman–Crippen LogP) is 3.38. The molecule has 1 amide bonds. The SMILES string of the molecule is O=C1N(C[C@@H]2CN(Cc3ccccc3)CCO2)c2ccccc2[C@]12COc1cc3c(cc12)OCCO3. The van der Waals surface area contributed by atoms with Gasteiger partial charge in [0, 0.05) is 37.0 Å². The molecule has 2 atom stereocenters. The average Bonchev–Trinajstić information content (AvgIpc) is 3.40. The number of hydrogen-bond acceptors (Lipinski definition) is 6. The quantitative estimate of drug-likeness (QED) is 0.566. The molecule has 3 aromatic carbocycles. The Bertz CT molecular complexity index is 1310. The summed E-state index contributed by atoms with van der Waals surface area (Å²) in [6.07, 6.45) is -0.0725. The Balaban J connectivity index is 1.19. The number of hydrogen-bond donors (Lipinski definition) is 0. The van der Waals surface area contributed by atoms with Crippen molar-refractivity contribution < 1.29 is 23.7 Å². The monoisotopic (exact) mass is 484 g/mol. The van der Waals surface area contributed by atoms with Gasteiger partial charge in [0.05, 0.1) is 19.3 Å². The van der Waals surface area contributed by atoms with Crippen LogP contribution in [0.1, 0.15) is 16.7 Å². The van der Waals surface area contributed by atoms with Gasteiger partial charge in [-0.2, -0.15) is 0 Å². The first-order chi connectivity index (χ1) is 17.7. The van der Waals surface area contributed by atoms with Gasteiger partial charge in [-0.1, -0.05) is 48.5 Å². The van der Waals surface area contributed by atoms with E-state index in [2.05, 4.69) is 29.2 Å². The zero-order chi connectivity index (χ0) is 24.1. The molecule has 0 bridgehead atoms. The first kappa shape index (κ1) is 21.7. The van der Waals surface area contributed by atoms with Crippen molar-refractivity contribution in [2.75, 3.05) is 51.0 Å². The highest BCUT2D eigenvalue weighted by Gasteiger charge is 2.57. The van der Waals surface area contributed by atoms with E-state index in [1.54, 1.807) is 0 Å². The summed E-state index contributed by atoms with van der Waals surface area (Å²) in [5.74, 6) is 2.05. The number of amides is 1. The minimum atomic E-state index is -0.889. The molecule has 1 saturated heterocycles. The van der Waals surface area contributed by atoms with E-state index < -0.39 is 5.41 Å². The molecule has 1 fully saturated rings. The minimum Gasteiger partial charge on any atom is -0.491 e.